The van der Waals surface area contributed by atoms with Gasteiger partial charge in [-0.15, -0.1) is 0 Å². The minimum Gasteiger partial charge on any atom is -0.466 e. The van der Waals surface area contributed by atoms with Crippen molar-refractivity contribution >= 4 is 5.97 Å². The predicted molar refractivity (Wildman–Crippen MR) is 84.3 cm³/mol. The lowest BCUT2D eigenvalue weighted by Crippen LogP contribution is -2.17. The van der Waals surface area contributed by atoms with Crippen LogP contribution in [0.1, 0.15) is 66.8 Å². The highest BCUT2D eigenvalue weighted by Crippen LogP contribution is 2.40. The van der Waals surface area contributed by atoms with Crippen LogP contribution >= 0.6 is 0 Å². The number of rotatable bonds is 4. The number of fused-ring (bicyclic) bond motifs is 1. The van der Waals surface area contributed by atoms with Gasteiger partial charge in [0.25, 0.3) is 0 Å². The Morgan fingerprint density at radius 3 is 2.65 bits per heavy atom. The summed E-state index contributed by atoms with van der Waals surface area (Å²) in [5, 5.41) is 9.52. The van der Waals surface area contributed by atoms with Crippen LogP contribution in [0.5, 0.6) is 5.88 Å². The van der Waals surface area contributed by atoms with Crippen molar-refractivity contribution in [1.29, 1.82) is 5.26 Å². The number of hydrogen-bond acceptors (Lipinski definition) is 5. The topological polar surface area (TPSA) is 72.2 Å². The average molecular weight is 314 g/mol. The lowest BCUT2D eigenvalue weighted by atomic mass is 9.84. The van der Waals surface area contributed by atoms with Gasteiger partial charge in [-0.3, -0.25) is 0 Å². The van der Waals surface area contributed by atoms with Crippen molar-refractivity contribution in [2.45, 2.75) is 57.3 Å². The molecule has 2 aliphatic rings. The average Bonchev–Trinajstić information content (AvgIpc) is 3.08. The second-order valence-corrected chi connectivity index (χ2v) is 6.30. The van der Waals surface area contributed by atoms with Crippen LogP contribution in [0.4, 0.5) is 0 Å². The van der Waals surface area contributed by atoms with E-state index in [1.165, 1.54) is 31.9 Å². The SMILES string of the molecule is COC(=O)COc1nc(C2CCCCC2)c2c(c1C#N)CCC2. The summed E-state index contributed by atoms with van der Waals surface area (Å²) in [5.41, 5.74) is 3.96. The van der Waals surface area contributed by atoms with E-state index in [9.17, 15) is 10.1 Å². The molecule has 5 nitrogen and oxygen atoms in total. The van der Waals surface area contributed by atoms with Gasteiger partial charge in [0.2, 0.25) is 5.88 Å². The van der Waals surface area contributed by atoms with E-state index in [1.54, 1.807) is 0 Å². The highest BCUT2D eigenvalue weighted by Gasteiger charge is 2.29. The number of esters is 1. The number of nitrogens with zero attached hydrogens (tertiary/aromatic N) is 2. The first-order chi connectivity index (χ1) is 11.2. The maximum absolute atomic E-state index is 11.3. The Kier molecular flexibility index (Phi) is 4.80. The fraction of sp³-hybridized carbons (Fsp3) is 0.611. The number of pyridine rings is 1. The second kappa shape index (κ2) is 6.99. The monoisotopic (exact) mass is 314 g/mol. The molecule has 23 heavy (non-hydrogen) atoms. The zero-order valence-corrected chi connectivity index (χ0v) is 13.6. The lowest BCUT2D eigenvalue weighted by molar-refractivity contribution is -0.143. The van der Waals surface area contributed by atoms with Crippen LogP contribution in [0.15, 0.2) is 0 Å². The first-order valence-electron chi connectivity index (χ1n) is 8.40. The maximum Gasteiger partial charge on any atom is 0.343 e. The molecule has 122 valence electrons. The van der Waals surface area contributed by atoms with E-state index in [0.29, 0.717) is 17.4 Å². The Bertz CT molecular complexity index is 643. The van der Waals surface area contributed by atoms with Crippen molar-refractivity contribution in [3.05, 3.63) is 22.4 Å². The van der Waals surface area contributed by atoms with Crippen LogP contribution in [-0.2, 0) is 22.4 Å². The van der Waals surface area contributed by atoms with Gasteiger partial charge in [0.15, 0.2) is 6.61 Å². The zero-order valence-electron chi connectivity index (χ0n) is 13.6. The molecule has 1 heterocycles. The molecular formula is C18H22N2O3. The van der Waals surface area contributed by atoms with Crippen molar-refractivity contribution in [3.63, 3.8) is 0 Å². The quantitative estimate of drug-likeness (QED) is 0.799. The number of methoxy groups -OCH3 is 1. The summed E-state index contributed by atoms with van der Waals surface area (Å²) in [7, 11) is 1.32. The highest BCUT2D eigenvalue weighted by molar-refractivity contribution is 5.71. The molecule has 1 aromatic rings. The van der Waals surface area contributed by atoms with Gasteiger partial charge in [-0.1, -0.05) is 19.3 Å². The zero-order chi connectivity index (χ0) is 16.2. The number of hydrogen-bond donors (Lipinski definition) is 0. The number of carbonyl (C=O) groups excluding carboxylic acids is 1. The Balaban J connectivity index is 1.97. The van der Waals surface area contributed by atoms with Crippen molar-refractivity contribution in [1.82, 2.24) is 4.98 Å². The molecule has 0 aromatic carbocycles. The first-order valence-corrected chi connectivity index (χ1v) is 8.40. The number of ether oxygens (including phenoxy) is 2. The summed E-state index contributed by atoms with van der Waals surface area (Å²) in [6.45, 7) is -0.207. The third kappa shape index (κ3) is 3.17. The van der Waals surface area contributed by atoms with Gasteiger partial charge in [-0.05, 0) is 43.2 Å². The number of aromatic nitrogens is 1. The van der Waals surface area contributed by atoms with E-state index in [-0.39, 0.29) is 6.61 Å². The van der Waals surface area contributed by atoms with Gasteiger partial charge in [-0.25, -0.2) is 9.78 Å². The molecule has 1 aromatic heterocycles. The summed E-state index contributed by atoms with van der Waals surface area (Å²) in [6.07, 6.45) is 9.03. The van der Waals surface area contributed by atoms with Crippen LogP contribution in [0, 0.1) is 11.3 Å². The Morgan fingerprint density at radius 2 is 1.96 bits per heavy atom. The molecule has 0 unspecified atom stereocenters. The molecular weight excluding hydrogens is 292 g/mol. The molecule has 5 heteroatoms. The third-order valence-corrected chi connectivity index (χ3v) is 4.92. The predicted octanol–water partition coefficient (Wildman–Crippen LogP) is 3.04. The van der Waals surface area contributed by atoms with Crippen molar-refractivity contribution < 1.29 is 14.3 Å². The molecule has 2 aliphatic carbocycles. The smallest absolute Gasteiger partial charge is 0.343 e. The molecule has 0 aliphatic heterocycles. The van der Waals surface area contributed by atoms with Crippen LogP contribution in [0.25, 0.3) is 0 Å². The van der Waals surface area contributed by atoms with Crippen molar-refractivity contribution in [2.75, 3.05) is 13.7 Å². The summed E-state index contributed by atoms with van der Waals surface area (Å²) in [5.74, 6) is 0.304. The van der Waals surface area contributed by atoms with E-state index in [4.69, 9.17) is 9.72 Å². The van der Waals surface area contributed by atoms with Crippen LogP contribution < -0.4 is 4.74 Å². The van der Waals surface area contributed by atoms with Crippen molar-refractivity contribution in [2.24, 2.45) is 0 Å². The van der Waals surface area contributed by atoms with Gasteiger partial charge in [0, 0.05) is 5.92 Å². The van der Waals surface area contributed by atoms with E-state index >= 15 is 0 Å². The lowest BCUT2D eigenvalue weighted by Gasteiger charge is -2.24. The van der Waals surface area contributed by atoms with E-state index in [2.05, 4.69) is 10.8 Å². The molecule has 1 fully saturated rings. The van der Waals surface area contributed by atoms with Gasteiger partial charge in [-0.2, -0.15) is 5.26 Å². The minimum atomic E-state index is -0.463. The Hall–Kier alpha value is -2.09. The summed E-state index contributed by atoms with van der Waals surface area (Å²) >= 11 is 0. The number of nitriles is 1. The van der Waals surface area contributed by atoms with Gasteiger partial charge in [0.05, 0.1) is 12.8 Å². The molecule has 0 spiro atoms. The fourth-order valence-electron chi connectivity index (χ4n) is 3.78. The molecule has 0 radical (unpaired) electrons. The van der Waals surface area contributed by atoms with Crippen LogP contribution in [0.2, 0.25) is 0 Å². The largest absolute Gasteiger partial charge is 0.466 e. The Labute approximate surface area is 136 Å². The standard InChI is InChI=1S/C18H22N2O3/c1-22-16(21)11-23-18-15(10-19)13-8-5-9-14(13)17(20-18)12-6-3-2-4-7-12/h12H,2-9,11H2,1H3. The van der Waals surface area contributed by atoms with Crippen molar-refractivity contribution in [3.8, 4) is 11.9 Å². The second-order valence-electron chi connectivity index (χ2n) is 6.30. The Morgan fingerprint density at radius 1 is 1.22 bits per heavy atom. The van der Waals surface area contributed by atoms with Gasteiger partial charge < -0.3 is 9.47 Å². The highest BCUT2D eigenvalue weighted by atomic mass is 16.6. The maximum atomic E-state index is 11.3. The molecule has 0 atom stereocenters. The first kappa shape index (κ1) is 15.8. The minimum absolute atomic E-state index is 0.207. The molecule has 1 saturated carbocycles. The summed E-state index contributed by atoms with van der Waals surface area (Å²) in [4.78, 5) is 16.0. The third-order valence-electron chi connectivity index (χ3n) is 4.92. The summed E-state index contributed by atoms with van der Waals surface area (Å²) < 4.78 is 10.1. The van der Waals surface area contributed by atoms with Crippen LogP contribution in [-0.4, -0.2) is 24.7 Å². The van der Waals surface area contributed by atoms with Gasteiger partial charge >= 0.3 is 5.97 Å². The van der Waals surface area contributed by atoms with Gasteiger partial charge in [0.1, 0.15) is 11.6 Å². The summed E-state index contributed by atoms with van der Waals surface area (Å²) in [6, 6.07) is 2.23. The molecule has 0 bridgehead atoms. The molecule has 0 amide bonds. The fourth-order valence-corrected chi connectivity index (χ4v) is 3.78. The molecule has 3 rings (SSSR count). The molecule has 0 N–H and O–H groups in total. The van der Waals surface area contributed by atoms with E-state index in [1.807, 2.05) is 0 Å². The van der Waals surface area contributed by atoms with E-state index in [0.717, 1.165) is 43.4 Å². The normalized spacial score (nSPS) is 17.4. The molecule has 0 saturated heterocycles. The van der Waals surface area contributed by atoms with Crippen LogP contribution in [0.3, 0.4) is 0 Å². The number of carbonyl (C=O) groups is 1. The van der Waals surface area contributed by atoms with E-state index < -0.39 is 5.97 Å².